The predicted molar refractivity (Wildman–Crippen MR) is 98.9 cm³/mol. The van der Waals surface area contributed by atoms with Crippen LogP contribution < -0.4 is 10.1 Å². The molecule has 2 aromatic carbocycles. The van der Waals surface area contributed by atoms with Crippen LogP contribution in [0.2, 0.25) is 0 Å². The van der Waals surface area contributed by atoms with Gasteiger partial charge in [0.1, 0.15) is 19.5 Å². The number of amides is 1. The lowest BCUT2D eigenvalue weighted by Gasteiger charge is -2.20. The molecular formula is C20H24N2O3. The second kappa shape index (κ2) is 8.87. The van der Waals surface area contributed by atoms with Gasteiger partial charge in [0.25, 0.3) is 0 Å². The first kappa shape index (κ1) is 18.5. The molecule has 1 unspecified atom stereocenters. The van der Waals surface area contributed by atoms with E-state index in [-0.39, 0.29) is 11.8 Å². The van der Waals surface area contributed by atoms with Crippen LogP contribution in [0.15, 0.2) is 53.7 Å². The summed E-state index contributed by atoms with van der Waals surface area (Å²) in [4.78, 5) is 16.5. The number of nitrogens with one attached hydrogen (secondary N) is 1. The maximum atomic E-state index is 11.5. The van der Waals surface area contributed by atoms with E-state index in [9.17, 15) is 4.79 Å². The molecule has 5 heteroatoms. The third-order valence-corrected chi connectivity index (χ3v) is 3.77. The van der Waals surface area contributed by atoms with E-state index in [1.165, 1.54) is 14.0 Å². The van der Waals surface area contributed by atoms with Gasteiger partial charge in [-0.3, -0.25) is 4.79 Å². The smallest absolute Gasteiger partial charge is 0.222 e. The molecule has 0 saturated carbocycles. The Hall–Kier alpha value is -2.82. The molecule has 2 aromatic rings. The van der Waals surface area contributed by atoms with Crippen LogP contribution in [0.1, 0.15) is 29.5 Å². The molecule has 25 heavy (non-hydrogen) atoms. The highest BCUT2D eigenvalue weighted by atomic mass is 16.6. The molecule has 0 aliphatic carbocycles. The molecule has 0 heterocycles. The number of aryl methyl sites for hydroxylation is 2. The van der Waals surface area contributed by atoms with E-state index in [1.807, 2.05) is 62.4 Å². The van der Waals surface area contributed by atoms with Crippen LogP contribution in [0.3, 0.4) is 0 Å². The Kier molecular flexibility index (Phi) is 6.57. The van der Waals surface area contributed by atoms with E-state index < -0.39 is 0 Å². The van der Waals surface area contributed by atoms with Crippen molar-refractivity contribution in [1.82, 2.24) is 5.32 Å². The second-order valence-electron chi connectivity index (χ2n) is 5.88. The molecule has 1 atom stereocenters. The summed E-state index contributed by atoms with van der Waals surface area (Å²) >= 11 is 0. The average Bonchev–Trinajstić information content (AvgIpc) is 2.58. The van der Waals surface area contributed by atoms with Crippen molar-refractivity contribution in [1.29, 1.82) is 0 Å². The molecule has 132 valence electrons. The molecule has 0 bridgehead atoms. The maximum Gasteiger partial charge on any atom is 0.222 e. The van der Waals surface area contributed by atoms with Gasteiger partial charge >= 0.3 is 0 Å². The Labute approximate surface area is 148 Å². The molecule has 0 fully saturated rings. The third kappa shape index (κ3) is 5.35. The monoisotopic (exact) mass is 340 g/mol. The van der Waals surface area contributed by atoms with Gasteiger partial charge in [0.2, 0.25) is 5.91 Å². The van der Waals surface area contributed by atoms with E-state index in [1.54, 1.807) is 0 Å². The number of hydrogen-bond acceptors (Lipinski definition) is 4. The molecule has 0 saturated heterocycles. The zero-order valence-electron chi connectivity index (χ0n) is 15.1. The number of amidine groups is 1. The van der Waals surface area contributed by atoms with Crippen molar-refractivity contribution in [2.45, 2.75) is 26.7 Å². The summed E-state index contributed by atoms with van der Waals surface area (Å²) in [6.07, 6.45) is 0. The minimum Gasteiger partial charge on any atom is -0.492 e. The molecule has 0 aromatic heterocycles. The van der Waals surface area contributed by atoms with E-state index in [0.29, 0.717) is 12.4 Å². The summed E-state index contributed by atoms with van der Waals surface area (Å²) in [7, 11) is 1.45. The van der Waals surface area contributed by atoms with Crippen LogP contribution in [0.25, 0.3) is 0 Å². The highest BCUT2D eigenvalue weighted by Gasteiger charge is 2.22. The van der Waals surface area contributed by atoms with Gasteiger partial charge in [-0.15, -0.1) is 0 Å². The highest BCUT2D eigenvalue weighted by molar-refractivity contribution is 6.00. The van der Waals surface area contributed by atoms with E-state index >= 15 is 0 Å². The van der Waals surface area contributed by atoms with Crippen LogP contribution in [-0.2, 0) is 9.63 Å². The van der Waals surface area contributed by atoms with E-state index in [2.05, 4.69) is 10.5 Å². The Morgan fingerprint density at radius 1 is 1.16 bits per heavy atom. The number of carbonyl (C=O) groups excluding carboxylic acids is 1. The summed E-state index contributed by atoms with van der Waals surface area (Å²) in [5, 5.41) is 6.75. The minimum atomic E-state index is -0.259. The molecule has 0 radical (unpaired) electrons. The van der Waals surface area contributed by atoms with Crippen molar-refractivity contribution in [3.05, 3.63) is 65.2 Å². The lowest BCUT2D eigenvalue weighted by molar-refractivity contribution is -0.117. The Balaban J connectivity index is 2.29. The lowest BCUT2D eigenvalue weighted by atomic mass is 9.98. The van der Waals surface area contributed by atoms with Crippen molar-refractivity contribution in [2.75, 3.05) is 13.7 Å². The number of ether oxygens (including phenoxy) is 1. The zero-order chi connectivity index (χ0) is 18.2. The minimum absolute atomic E-state index is 0.205. The number of oxime groups is 1. The van der Waals surface area contributed by atoms with Crippen LogP contribution >= 0.6 is 0 Å². The van der Waals surface area contributed by atoms with Crippen molar-refractivity contribution >= 4 is 11.7 Å². The molecule has 1 amide bonds. The molecule has 0 aliphatic rings. The first-order valence-corrected chi connectivity index (χ1v) is 8.15. The van der Waals surface area contributed by atoms with Gasteiger partial charge in [-0.25, -0.2) is 0 Å². The van der Waals surface area contributed by atoms with Crippen molar-refractivity contribution in [3.8, 4) is 5.75 Å². The van der Waals surface area contributed by atoms with Gasteiger partial charge in [-0.2, -0.15) is 0 Å². The van der Waals surface area contributed by atoms with Crippen molar-refractivity contribution in [3.63, 3.8) is 0 Å². The van der Waals surface area contributed by atoms with Gasteiger partial charge in [0.15, 0.2) is 5.84 Å². The Morgan fingerprint density at radius 2 is 1.88 bits per heavy atom. The van der Waals surface area contributed by atoms with Crippen molar-refractivity contribution < 1.29 is 14.4 Å². The first-order valence-electron chi connectivity index (χ1n) is 8.15. The fourth-order valence-corrected chi connectivity index (χ4v) is 2.51. The molecule has 5 nitrogen and oxygen atoms in total. The molecule has 0 aliphatic heterocycles. The topological polar surface area (TPSA) is 59.9 Å². The SMILES string of the molecule is CON=C(NC(C)=O)C(COc1cc(C)ccc1C)c1ccccc1. The van der Waals surface area contributed by atoms with Gasteiger partial charge in [0, 0.05) is 6.92 Å². The molecular weight excluding hydrogens is 316 g/mol. The quantitative estimate of drug-likeness (QED) is 0.497. The molecule has 2 rings (SSSR count). The number of hydrogen-bond donors (Lipinski definition) is 1. The summed E-state index contributed by atoms with van der Waals surface area (Å²) in [5.74, 6) is 0.778. The number of benzene rings is 2. The van der Waals surface area contributed by atoms with Crippen LogP contribution in [0, 0.1) is 13.8 Å². The average molecular weight is 340 g/mol. The van der Waals surface area contributed by atoms with E-state index in [0.717, 1.165) is 22.4 Å². The fourth-order valence-electron chi connectivity index (χ4n) is 2.51. The summed E-state index contributed by atoms with van der Waals surface area (Å²) < 4.78 is 6.06. The zero-order valence-corrected chi connectivity index (χ0v) is 15.1. The second-order valence-corrected chi connectivity index (χ2v) is 5.88. The maximum absolute atomic E-state index is 11.5. The van der Waals surface area contributed by atoms with Gasteiger partial charge < -0.3 is 14.9 Å². The van der Waals surface area contributed by atoms with Gasteiger partial charge in [0.05, 0.1) is 5.92 Å². The third-order valence-electron chi connectivity index (χ3n) is 3.77. The van der Waals surface area contributed by atoms with Gasteiger partial charge in [-0.05, 0) is 36.6 Å². The largest absolute Gasteiger partial charge is 0.492 e. The number of carbonyl (C=O) groups is 1. The Bertz CT molecular complexity index is 742. The predicted octanol–water partition coefficient (Wildman–Crippen LogP) is 3.56. The lowest BCUT2D eigenvalue weighted by Crippen LogP contribution is -2.36. The normalized spacial score (nSPS) is 12.4. The van der Waals surface area contributed by atoms with Crippen LogP contribution in [0.5, 0.6) is 5.75 Å². The summed E-state index contributed by atoms with van der Waals surface area (Å²) in [5.41, 5.74) is 3.17. The van der Waals surface area contributed by atoms with Crippen LogP contribution in [0.4, 0.5) is 0 Å². The summed E-state index contributed by atoms with van der Waals surface area (Å²) in [6, 6.07) is 15.9. The van der Waals surface area contributed by atoms with Crippen LogP contribution in [-0.4, -0.2) is 25.5 Å². The molecule has 0 spiro atoms. The first-order chi connectivity index (χ1) is 12.0. The van der Waals surface area contributed by atoms with Gasteiger partial charge in [-0.1, -0.05) is 47.6 Å². The number of nitrogens with zero attached hydrogens (tertiary/aromatic N) is 1. The summed E-state index contributed by atoms with van der Waals surface area (Å²) in [6.45, 7) is 5.80. The Morgan fingerprint density at radius 3 is 2.52 bits per heavy atom. The van der Waals surface area contributed by atoms with E-state index in [4.69, 9.17) is 9.57 Å². The standard InChI is InChI=1S/C20H24N2O3/c1-14-10-11-15(2)19(12-14)25-13-18(17-8-6-5-7-9-17)20(22-24-4)21-16(3)23/h5-12,18H,13H2,1-4H3,(H,21,22,23). The molecule has 1 N–H and O–H groups in total. The highest BCUT2D eigenvalue weighted by Crippen LogP contribution is 2.23. The van der Waals surface area contributed by atoms with Crippen molar-refractivity contribution in [2.24, 2.45) is 5.16 Å². The fraction of sp³-hybridized carbons (Fsp3) is 0.300. The number of rotatable bonds is 6.